The van der Waals surface area contributed by atoms with Gasteiger partial charge in [0.25, 0.3) is 0 Å². The van der Waals surface area contributed by atoms with Gasteiger partial charge in [0.1, 0.15) is 10.6 Å². The molecule has 0 saturated heterocycles. The molecular formula is C14H19F4NOS. The predicted octanol–water partition coefficient (Wildman–Crippen LogP) is 4.35. The molecule has 1 aromatic carbocycles. The summed E-state index contributed by atoms with van der Waals surface area (Å²) >= 11 is -1.38. The van der Waals surface area contributed by atoms with Crippen LogP contribution < -0.4 is 4.72 Å². The van der Waals surface area contributed by atoms with Gasteiger partial charge in [-0.1, -0.05) is 13.0 Å². The summed E-state index contributed by atoms with van der Waals surface area (Å²) in [4.78, 5) is 0. The van der Waals surface area contributed by atoms with Crippen LogP contribution in [-0.2, 0) is 17.5 Å². The third kappa shape index (κ3) is 4.59. The highest BCUT2D eigenvalue weighted by molar-refractivity contribution is 7.90. The van der Waals surface area contributed by atoms with E-state index in [1.54, 1.807) is 6.92 Å². The van der Waals surface area contributed by atoms with E-state index in [9.17, 15) is 22.1 Å². The average molecular weight is 325 g/mol. The second kappa shape index (κ2) is 6.54. The third-order valence-corrected chi connectivity index (χ3v) is 5.30. The molecule has 0 amide bonds. The fourth-order valence-electron chi connectivity index (χ4n) is 1.55. The monoisotopic (exact) mass is 325 g/mol. The first-order valence-electron chi connectivity index (χ1n) is 6.53. The van der Waals surface area contributed by atoms with Crippen molar-refractivity contribution in [2.24, 2.45) is 0 Å². The summed E-state index contributed by atoms with van der Waals surface area (Å²) in [6.45, 7) is 7.15. The SMILES string of the molecule is CCC(C)(C)[S@+]([O-])N[C@@H](C)c1ccc(C(F)(F)F)c(F)c1. The first kappa shape index (κ1) is 18.3. The highest BCUT2D eigenvalue weighted by Gasteiger charge is 2.35. The van der Waals surface area contributed by atoms with E-state index in [0.717, 1.165) is 6.07 Å². The molecule has 120 valence electrons. The summed E-state index contributed by atoms with van der Waals surface area (Å²) < 4.78 is 65.4. The summed E-state index contributed by atoms with van der Waals surface area (Å²) in [5.74, 6) is -1.32. The fraction of sp³-hybridized carbons (Fsp3) is 0.571. The van der Waals surface area contributed by atoms with Crippen molar-refractivity contribution in [1.82, 2.24) is 4.72 Å². The Morgan fingerprint density at radius 3 is 2.29 bits per heavy atom. The van der Waals surface area contributed by atoms with Gasteiger partial charge in [0, 0.05) is 11.4 Å². The molecule has 0 fully saturated rings. The summed E-state index contributed by atoms with van der Waals surface area (Å²) in [7, 11) is 0. The largest absolute Gasteiger partial charge is 0.598 e. The van der Waals surface area contributed by atoms with Gasteiger partial charge in [-0.2, -0.15) is 13.2 Å². The van der Waals surface area contributed by atoms with E-state index < -0.39 is 39.7 Å². The molecule has 2 nitrogen and oxygen atoms in total. The van der Waals surface area contributed by atoms with E-state index in [-0.39, 0.29) is 0 Å². The molecule has 0 heterocycles. The molecular weight excluding hydrogens is 306 g/mol. The fourth-order valence-corrected chi connectivity index (χ4v) is 2.59. The van der Waals surface area contributed by atoms with Crippen molar-refractivity contribution in [2.75, 3.05) is 0 Å². The Balaban J connectivity index is 2.90. The maximum absolute atomic E-state index is 13.5. The van der Waals surface area contributed by atoms with Crippen LogP contribution in [0.4, 0.5) is 17.6 Å². The quantitative estimate of drug-likeness (QED) is 0.645. The Bertz CT molecular complexity index is 490. The Morgan fingerprint density at radius 2 is 1.86 bits per heavy atom. The molecule has 1 rings (SSSR count). The number of rotatable bonds is 5. The number of hydrogen-bond acceptors (Lipinski definition) is 2. The van der Waals surface area contributed by atoms with E-state index in [0.29, 0.717) is 18.1 Å². The van der Waals surface area contributed by atoms with Crippen molar-refractivity contribution < 1.29 is 22.1 Å². The van der Waals surface area contributed by atoms with E-state index in [1.165, 1.54) is 6.07 Å². The van der Waals surface area contributed by atoms with Gasteiger partial charge >= 0.3 is 6.18 Å². The number of benzene rings is 1. The zero-order valence-corrected chi connectivity index (χ0v) is 13.2. The molecule has 0 bridgehead atoms. The van der Waals surface area contributed by atoms with Crippen molar-refractivity contribution in [3.8, 4) is 0 Å². The standard InChI is InChI=1S/C14H19F4NOS/c1-5-13(3,4)21(20)19-9(2)10-6-7-11(12(15)8-10)14(16,17)18/h6-9,19H,5H2,1-4H3/t9-,21-/m0/s1. The van der Waals surface area contributed by atoms with Crippen LogP contribution >= 0.6 is 0 Å². The summed E-state index contributed by atoms with van der Waals surface area (Å²) in [5, 5.41) is 0. The zero-order valence-electron chi connectivity index (χ0n) is 12.3. The molecule has 1 N–H and O–H groups in total. The molecule has 0 aliphatic heterocycles. The van der Waals surface area contributed by atoms with Crippen LogP contribution in [0.3, 0.4) is 0 Å². The maximum atomic E-state index is 13.5. The van der Waals surface area contributed by atoms with Gasteiger partial charge in [-0.25, -0.2) is 4.39 Å². The minimum Gasteiger partial charge on any atom is -0.598 e. The molecule has 0 aliphatic rings. The topological polar surface area (TPSA) is 35.1 Å². The lowest BCUT2D eigenvalue weighted by atomic mass is 10.1. The van der Waals surface area contributed by atoms with Gasteiger partial charge in [0.2, 0.25) is 0 Å². The van der Waals surface area contributed by atoms with Crippen LogP contribution in [0, 0.1) is 5.82 Å². The van der Waals surface area contributed by atoms with Crippen molar-refractivity contribution in [3.63, 3.8) is 0 Å². The summed E-state index contributed by atoms with van der Waals surface area (Å²) in [6, 6.07) is 2.21. The lowest BCUT2D eigenvalue weighted by Gasteiger charge is -2.29. The van der Waals surface area contributed by atoms with Crippen LogP contribution in [0.5, 0.6) is 0 Å². The number of alkyl halides is 3. The van der Waals surface area contributed by atoms with Gasteiger partial charge in [-0.15, -0.1) is 4.72 Å². The second-order valence-electron chi connectivity index (χ2n) is 5.46. The molecule has 2 atom stereocenters. The Kier molecular flexibility index (Phi) is 5.69. The Morgan fingerprint density at radius 1 is 1.29 bits per heavy atom. The molecule has 0 spiro atoms. The van der Waals surface area contributed by atoms with Crippen LogP contribution in [0.2, 0.25) is 0 Å². The third-order valence-electron chi connectivity index (χ3n) is 3.44. The first-order valence-corrected chi connectivity index (χ1v) is 7.68. The molecule has 0 radical (unpaired) electrons. The summed E-state index contributed by atoms with van der Waals surface area (Å²) in [6.07, 6.45) is -4.05. The molecule has 0 aromatic heterocycles. The van der Waals surface area contributed by atoms with Crippen molar-refractivity contribution in [3.05, 3.63) is 35.1 Å². The van der Waals surface area contributed by atoms with E-state index >= 15 is 0 Å². The van der Waals surface area contributed by atoms with Gasteiger partial charge < -0.3 is 4.55 Å². The Hall–Kier alpha value is -0.790. The van der Waals surface area contributed by atoms with Gasteiger partial charge in [-0.3, -0.25) is 0 Å². The predicted molar refractivity (Wildman–Crippen MR) is 75.5 cm³/mol. The van der Waals surface area contributed by atoms with Crippen LogP contribution in [0.15, 0.2) is 18.2 Å². The van der Waals surface area contributed by atoms with Crippen LogP contribution in [0.1, 0.15) is 51.3 Å². The van der Waals surface area contributed by atoms with E-state index in [2.05, 4.69) is 4.72 Å². The number of hydrogen-bond donors (Lipinski definition) is 1. The lowest BCUT2D eigenvalue weighted by molar-refractivity contribution is -0.140. The number of nitrogens with one attached hydrogen (secondary N) is 1. The zero-order chi connectivity index (χ0) is 16.4. The normalized spacial score (nSPS) is 15.9. The average Bonchev–Trinajstić information content (AvgIpc) is 2.36. The smallest absolute Gasteiger partial charge is 0.419 e. The maximum Gasteiger partial charge on any atom is 0.419 e. The minimum atomic E-state index is -4.72. The molecule has 0 aliphatic carbocycles. The van der Waals surface area contributed by atoms with Crippen molar-refractivity contribution >= 4 is 11.4 Å². The second-order valence-corrected chi connectivity index (χ2v) is 7.34. The van der Waals surface area contributed by atoms with Crippen molar-refractivity contribution in [2.45, 2.75) is 51.1 Å². The minimum absolute atomic E-state index is 0.320. The van der Waals surface area contributed by atoms with E-state index in [4.69, 9.17) is 0 Å². The van der Waals surface area contributed by atoms with Crippen LogP contribution in [-0.4, -0.2) is 9.30 Å². The molecule has 0 unspecified atom stereocenters. The first-order chi connectivity index (χ1) is 9.49. The molecule has 7 heteroatoms. The molecule has 21 heavy (non-hydrogen) atoms. The summed E-state index contributed by atoms with van der Waals surface area (Å²) in [5.41, 5.74) is -0.978. The van der Waals surface area contributed by atoms with Gasteiger partial charge in [0.15, 0.2) is 0 Å². The lowest BCUT2D eigenvalue weighted by Crippen LogP contribution is -2.42. The highest BCUT2D eigenvalue weighted by atomic mass is 32.2. The number of halogens is 4. The Labute approximate surface area is 125 Å². The van der Waals surface area contributed by atoms with Crippen LogP contribution in [0.25, 0.3) is 0 Å². The highest BCUT2D eigenvalue weighted by Crippen LogP contribution is 2.32. The van der Waals surface area contributed by atoms with E-state index in [1.807, 2.05) is 20.8 Å². The molecule has 1 aromatic rings. The van der Waals surface area contributed by atoms with Gasteiger partial charge in [0.05, 0.1) is 11.6 Å². The van der Waals surface area contributed by atoms with Crippen molar-refractivity contribution in [1.29, 1.82) is 0 Å². The van der Waals surface area contributed by atoms with Gasteiger partial charge in [-0.05, 0) is 44.9 Å². The molecule has 0 saturated carbocycles.